The lowest BCUT2D eigenvalue weighted by Crippen LogP contribution is -2.06. The molecule has 1 aliphatic rings. The van der Waals surface area contributed by atoms with E-state index in [0.717, 1.165) is 5.56 Å². The number of alkyl halides is 1. The Kier molecular flexibility index (Phi) is 1.76. The van der Waals surface area contributed by atoms with Gasteiger partial charge < -0.3 is 0 Å². The van der Waals surface area contributed by atoms with Crippen LogP contribution < -0.4 is 0 Å². The molecule has 0 bridgehead atoms. The van der Waals surface area contributed by atoms with Crippen LogP contribution in [0.4, 0.5) is 4.39 Å². The number of fused-ring (bicyclic) bond motifs is 1. The largest absolute Gasteiger partial charge is 0.293 e. The summed E-state index contributed by atoms with van der Waals surface area (Å²) in [6.45, 7) is 0. The normalized spacial score (nSPS) is 21.2. The first-order valence-electron chi connectivity index (χ1n) is 3.65. The molecular weight excluding hydrogens is 223 g/mol. The molecule has 0 heterocycles. The van der Waals surface area contributed by atoms with Gasteiger partial charge in [0.05, 0.1) is 4.83 Å². The van der Waals surface area contributed by atoms with Crippen molar-refractivity contribution in [1.82, 2.24) is 0 Å². The number of benzene rings is 1. The molecule has 0 spiro atoms. The maximum atomic E-state index is 12.7. The van der Waals surface area contributed by atoms with Gasteiger partial charge in [0.2, 0.25) is 0 Å². The smallest absolute Gasteiger partial charge is 0.177 e. The summed E-state index contributed by atoms with van der Waals surface area (Å²) >= 11 is 3.24. The Balaban J connectivity index is 2.56. The van der Waals surface area contributed by atoms with Crippen LogP contribution in [0.5, 0.6) is 0 Å². The number of carbonyl (C=O) groups is 1. The molecular formula is C9H6BrFO. The van der Waals surface area contributed by atoms with Gasteiger partial charge in [0.25, 0.3) is 0 Å². The highest BCUT2D eigenvalue weighted by molar-refractivity contribution is 9.10. The van der Waals surface area contributed by atoms with Gasteiger partial charge in [-0.25, -0.2) is 4.39 Å². The van der Waals surface area contributed by atoms with Crippen LogP contribution in [0, 0.1) is 5.82 Å². The van der Waals surface area contributed by atoms with Gasteiger partial charge in [-0.3, -0.25) is 4.79 Å². The zero-order valence-electron chi connectivity index (χ0n) is 6.18. The fraction of sp³-hybridized carbons (Fsp3) is 0.222. The van der Waals surface area contributed by atoms with E-state index in [-0.39, 0.29) is 16.4 Å². The molecule has 62 valence electrons. The van der Waals surface area contributed by atoms with Crippen LogP contribution in [0.3, 0.4) is 0 Å². The molecule has 0 radical (unpaired) electrons. The van der Waals surface area contributed by atoms with Crippen molar-refractivity contribution in [3.8, 4) is 0 Å². The molecule has 1 nitrogen and oxygen atoms in total. The van der Waals surface area contributed by atoms with Crippen molar-refractivity contribution in [1.29, 1.82) is 0 Å². The summed E-state index contributed by atoms with van der Waals surface area (Å²) in [6, 6.07) is 4.36. The fourth-order valence-corrected chi connectivity index (χ4v) is 2.01. The van der Waals surface area contributed by atoms with Crippen molar-refractivity contribution in [2.45, 2.75) is 11.2 Å². The Morgan fingerprint density at radius 1 is 1.50 bits per heavy atom. The molecule has 0 N–H and O–H groups in total. The van der Waals surface area contributed by atoms with E-state index in [1.54, 1.807) is 6.07 Å². The van der Waals surface area contributed by atoms with Gasteiger partial charge in [0, 0.05) is 5.56 Å². The molecule has 1 aromatic carbocycles. The Bertz CT molecular complexity index is 348. The quantitative estimate of drug-likeness (QED) is 0.624. The number of halogens is 2. The molecule has 0 saturated heterocycles. The van der Waals surface area contributed by atoms with Gasteiger partial charge >= 0.3 is 0 Å². The van der Waals surface area contributed by atoms with Crippen molar-refractivity contribution in [2.24, 2.45) is 0 Å². The Labute approximate surface area is 77.7 Å². The van der Waals surface area contributed by atoms with E-state index in [2.05, 4.69) is 15.9 Å². The number of hydrogen-bond donors (Lipinski definition) is 0. The highest BCUT2D eigenvalue weighted by Crippen LogP contribution is 2.27. The average molecular weight is 229 g/mol. The lowest BCUT2D eigenvalue weighted by molar-refractivity contribution is 0.100. The highest BCUT2D eigenvalue weighted by atomic mass is 79.9. The summed E-state index contributed by atoms with van der Waals surface area (Å²) in [5.41, 5.74) is 1.46. The lowest BCUT2D eigenvalue weighted by Gasteiger charge is -1.94. The predicted octanol–water partition coefficient (Wildman–Crippen LogP) is 2.33. The number of ketones is 1. The van der Waals surface area contributed by atoms with E-state index in [9.17, 15) is 9.18 Å². The van der Waals surface area contributed by atoms with E-state index in [0.29, 0.717) is 12.0 Å². The monoisotopic (exact) mass is 228 g/mol. The van der Waals surface area contributed by atoms with Gasteiger partial charge in [-0.05, 0) is 24.1 Å². The SMILES string of the molecule is O=C1c2cc(F)ccc2CC1Br. The molecule has 3 heteroatoms. The summed E-state index contributed by atoms with van der Waals surface area (Å²) in [6.07, 6.45) is 0.675. The van der Waals surface area contributed by atoms with Gasteiger partial charge in [-0.15, -0.1) is 0 Å². The minimum atomic E-state index is -0.344. The summed E-state index contributed by atoms with van der Waals surface area (Å²) < 4.78 is 12.7. The third-order valence-corrected chi connectivity index (χ3v) is 2.76. The molecule has 1 atom stereocenters. The molecule has 2 rings (SSSR count). The van der Waals surface area contributed by atoms with Crippen LogP contribution in [0.1, 0.15) is 15.9 Å². The van der Waals surface area contributed by atoms with Crippen molar-refractivity contribution in [3.63, 3.8) is 0 Å². The minimum Gasteiger partial charge on any atom is -0.293 e. The lowest BCUT2D eigenvalue weighted by atomic mass is 10.1. The standard InChI is InChI=1S/C9H6BrFO/c10-8-3-5-1-2-6(11)4-7(5)9(8)12/h1-2,4,8H,3H2. The van der Waals surface area contributed by atoms with E-state index in [4.69, 9.17) is 0 Å². The van der Waals surface area contributed by atoms with Crippen LogP contribution >= 0.6 is 15.9 Å². The van der Waals surface area contributed by atoms with E-state index in [1.165, 1.54) is 12.1 Å². The topological polar surface area (TPSA) is 17.1 Å². The highest BCUT2D eigenvalue weighted by Gasteiger charge is 2.28. The maximum absolute atomic E-state index is 12.7. The number of rotatable bonds is 0. The third kappa shape index (κ3) is 1.08. The molecule has 0 aliphatic heterocycles. The third-order valence-electron chi connectivity index (χ3n) is 2.02. The Morgan fingerprint density at radius 2 is 2.25 bits per heavy atom. The molecule has 0 aromatic heterocycles. The summed E-state index contributed by atoms with van der Waals surface area (Å²) in [5.74, 6) is -0.354. The second-order valence-electron chi connectivity index (χ2n) is 2.84. The molecule has 0 fully saturated rings. The Hall–Kier alpha value is -0.700. The minimum absolute atomic E-state index is 0.00972. The summed E-state index contributed by atoms with van der Waals surface area (Å²) in [4.78, 5) is 11.2. The van der Waals surface area contributed by atoms with Crippen molar-refractivity contribution in [3.05, 3.63) is 35.1 Å². The van der Waals surface area contributed by atoms with Gasteiger partial charge in [0.1, 0.15) is 5.82 Å². The number of Topliss-reactive ketones (excluding diaryl/α,β-unsaturated/α-hetero) is 1. The van der Waals surface area contributed by atoms with Crippen LogP contribution in [0.15, 0.2) is 18.2 Å². The fourth-order valence-electron chi connectivity index (χ4n) is 1.41. The first-order valence-corrected chi connectivity index (χ1v) is 4.57. The first-order chi connectivity index (χ1) is 5.68. The van der Waals surface area contributed by atoms with Crippen LogP contribution in [-0.2, 0) is 6.42 Å². The zero-order chi connectivity index (χ0) is 8.72. The summed E-state index contributed by atoms with van der Waals surface area (Å²) in [7, 11) is 0. The number of carbonyl (C=O) groups excluding carboxylic acids is 1. The average Bonchev–Trinajstić information content (AvgIpc) is 2.31. The van der Waals surface area contributed by atoms with Crippen molar-refractivity contribution < 1.29 is 9.18 Å². The molecule has 1 unspecified atom stereocenters. The van der Waals surface area contributed by atoms with Crippen LogP contribution in [0.25, 0.3) is 0 Å². The van der Waals surface area contributed by atoms with Gasteiger partial charge in [-0.1, -0.05) is 22.0 Å². The first kappa shape index (κ1) is 7.92. The van der Waals surface area contributed by atoms with Gasteiger partial charge in [0.15, 0.2) is 5.78 Å². The van der Waals surface area contributed by atoms with E-state index >= 15 is 0 Å². The van der Waals surface area contributed by atoms with E-state index in [1.807, 2.05) is 0 Å². The molecule has 0 amide bonds. The van der Waals surface area contributed by atoms with E-state index < -0.39 is 0 Å². The summed E-state index contributed by atoms with van der Waals surface area (Å²) in [5, 5.41) is 0. The van der Waals surface area contributed by atoms with Crippen LogP contribution in [0.2, 0.25) is 0 Å². The second-order valence-corrected chi connectivity index (χ2v) is 3.94. The number of hydrogen-bond acceptors (Lipinski definition) is 1. The predicted molar refractivity (Wildman–Crippen MR) is 47.1 cm³/mol. The second kappa shape index (κ2) is 2.66. The zero-order valence-corrected chi connectivity index (χ0v) is 7.77. The molecule has 12 heavy (non-hydrogen) atoms. The van der Waals surface area contributed by atoms with Gasteiger partial charge in [-0.2, -0.15) is 0 Å². The molecule has 1 aliphatic carbocycles. The van der Waals surface area contributed by atoms with Crippen molar-refractivity contribution in [2.75, 3.05) is 0 Å². The van der Waals surface area contributed by atoms with Crippen LogP contribution in [-0.4, -0.2) is 10.6 Å². The maximum Gasteiger partial charge on any atom is 0.177 e. The Morgan fingerprint density at radius 3 is 3.00 bits per heavy atom. The molecule has 1 aromatic rings. The molecule has 0 saturated carbocycles. The van der Waals surface area contributed by atoms with Crippen molar-refractivity contribution >= 4 is 21.7 Å².